The van der Waals surface area contributed by atoms with Gasteiger partial charge in [0.15, 0.2) is 5.65 Å². The van der Waals surface area contributed by atoms with Crippen LogP contribution in [0.5, 0.6) is 0 Å². The van der Waals surface area contributed by atoms with Crippen molar-refractivity contribution in [3.05, 3.63) is 72.7 Å². The summed E-state index contributed by atoms with van der Waals surface area (Å²) in [4.78, 5) is 51.7. The van der Waals surface area contributed by atoms with E-state index in [2.05, 4.69) is 15.0 Å². The van der Waals surface area contributed by atoms with Crippen LogP contribution in [0.25, 0.3) is 16.7 Å². The number of nitrogens with zero attached hydrogens (tertiary/aromatic N) is 6. The lowest BCUT2D eigenvalue weighted by Crippen LogP contribution is -2.38. The van der Waals surface area contributed by atoms with Crippen LogP contribution >= 0.6 is 11.8 Å². The van der Waals surface area contributed by atoms with E-state index in [9.17, 15) is 14.4 Å². The van der Waals surface area contributed by atoms with Crippen molar-refractivity contribution < 1.29 is 0 Å². The number of hydrogen-bond acceptors (Lipinski definition) is 7. The minimum atomic E-state index is -0.451. The largest absolute Gasteiger partial charge is 0.332 e. The maximum Gasteiger partial charge on any atom is 0.332 e. The Morgan fingerprint density at radius 3 is 2.41 bits per heavy atom. The normalized spacial score (nSPS) is 12.1. The predicted octanol–water partition coefficient (Wildman–Crippen LogP) is 1.93. The molecule has 0 radical (unpaired) electrons. The second-order valence-corrected chi connectivity index (χ2v) is 9.78. The Kier molecular flexibility index (Phi) is 5.28. The third kappa shape index (κ3) is 3.75. The molecule has 4 rings (SSSR count). The van der Waals surface area contributed by atoms with Gasteiger partial charge in [0.2, 0.25) is 0 Å². The Balaban J connectivity index is 1.87. The van der Waals surface area contributed by atoms with Crippen LogP contribution in [0.1, 0.15) is 37.9 Å². The first kappa shape index (κ1) is 21.9. The SMILES string of the molecule is Cc1ccn2c(=O)cc(CSc3nc(C(C)(C)C)nc4c3c(=O)n(C)c(=O)n4C)nc2c1. The van der Waals surface area contributed by atoms with Crippen LogP contribution in [-0.4, -0.2) is 28.5 Å². The predicted molar refractivity (Wildman–Crippen MR) is 124 cm³/mol. The van der Waals surface area contributed by atoms with Gasteiger partial charge in [0.1, 0.15) is 21.9 Å². The van der Waals surface area contributed by atoms with Crippen molar-refractivity contribution >= 4 is 28.4 Å². The van der Waals surface area contributed by atoms with E-state index in [1.807, 2.05) is 39.8 Å². The average Bonchev–Trinajstić information content (AvgIpc) is 2.73. The Hall–Kier alpha value is -3.27. The number of thioether (sulfide) groups is 1. The minimum absolute atomic E-state index is 0.174. The first-order valence-corrected chi connectivity index (χ1v) is 11.1. The number of hydrogen-bond donors (Lipinski definition) is 0. The second-order valence-electron chi connectivity index (χ2n) is 8.81. The van der Waals surface area contributed by atoms with E-state index in [1.54, 1.807) is 13.2 Å². The van der Waals surface area contributed by atoms with Gasteiger partial charge in [-0.2, -0.15) is 0 Å². The summed E-state index contributed by atoms with van der Waals surface area (Å²) in [7, 11) is 3.02. The zero-order valence-electron chi connectivity index (χ0n) is 18.8. The topological polar surface area (TPSA) is 104 Å². The molecule has 4 heterocycles. The Bertz CT molecular complexity index is 1560. The molecule has 0 aromatic carbocycles. The van der Waals surface area contributed by atoms with Gasteiger partial charge >= 0.3 is 5.69 Å². The third-order valence-electron chi connectivity index (χ3n) is 5.17. The summed E-state index contributed by atoms with van der Waals surface area (Å²) in [5.74, 6) is 0.861. The molecule has 9 nitrogen and oxygen atoms in total. The molecule has 0 atom stereocenters. The maximum absolute atomic E-state index is 12.9. The molecule has 0 amide bonds. The molecule has 4 aromatic heterocycles. The lowest BCUT2D eigenvalue weighted by Gasteiger charge is -2.19. The number of fused-ring (bicyclic) bond motifs is 2. The highest BCUT2D eigenvalue weighted by atomic mass is 32.2. The van der Waals surface area contributed by atoms with E-state index < -0.39 is 16.7 Å². The van der Waals surface area contributed by atoms with Crippen LogP contribution in [0.15, 0.2) is 43.8 Å². The van der Waals surface area contributed by atoms with E-state index in [0.717, 1.165) is 10.1 Å². The number of rotatable bonds is 3. The molecule has 4 aromatic rings. The Labute approximate surface area is 187 Å². The maximum atomic E-state index is 12.9. The van der Waals surface area contributed by atoms with Crippen LogP contribution < -0.4 is 16.8 Å². The first-order chi connectivity index (χ1) is 15.0. The molecule has 0 N–H and O–H groups in total. The fourth-order valence-electron chi connectivity index (χ4n) is 3.34. The standard InChI is InChI=1S/C22H24N6O3S/c1-12-7-8-28-14(9-12)23-13(10-15(28)29)11-32-18-16-17(24-20(25-18)22(2,3)4)26(5)21(31)27(6)19(16)30/h7-10H,11H2,1-6H3. The lowest BCUT2D eigenvalue weighted by atomic mass is 9.96. The highest BCUT2D eigenvalue weighted by Gasteiger charge is 2.23. The molecule has 0 unspecified atom stereocenters. The van der Waals surface area contributed by atoms with Gasteiger partial charge in [-0.3, -0.25) is 23.1 Å². The number of aromatic nitrogens is 6. The highest BCUT2D eigenvalue weighted by molar-refractivity contribution is 7.98. The molecule has 0 saturated carbocycles. The number of aryl methyl sites for hydroxylation is 2. The fourth-order valence-corrected chi connectivity index (χ4v) is 4.25. The smallest absolute Gasteiger partial charge is 0.280 e. The Morgan fingerprint density at radius 1 is 1.00 bits per heavy atom. The molecule has 0 aliphatic rings. The van der Waals surface area contributed by atoms with Crippen molar-refractivity contribution in [3.63, 3.8) is 0 Å². The molecule has 10 heteroatoms. The van der Waals surface area contributed by atoms with Gasteiger partial charge in [0, 0.05) is 37.5 Å². The van der Waals surface area contributed by atoms with Gasteiger partial charge in [0.25, 0.3) is 11.1 Å². The quantitative estimate of drug-likeness (QED) is 0.346. The first-order valence-electron chi connectivity index (χ1n) is 10.1. The van der Waals surface area contributed by atoms with E-state index in [-0.39, 0.29) is 10.9 Å². The van der Waals surface area contributed by atoms with Gasteiger partial charge in [-0.25, -0.2) is 19.7 Å². The van der Waals surface area contributed by atoms with Gasteiger partial charge in [0.05, 0.1) is 5.69 Å². The van der Waals surface area contributed by atoms with Gasteiger partial charge in [-0.1, -0.05) is 32.5 Å². The van der Waals surface area contributed by atoms with Crippen molar-refractivity contribution in [1.29, 1.82) is 0 Å². The monoisotopic (exact) mass is 452 g/mol. The molecule has 0 aliphatic carbocycles. The van der Waals surface area contributed by atoms with Crippen molar-refractivity contribution in [2.24, 2.45) is 14.1 Å². The average molecular weight is 453 g/mol. The summed E-state index contributed by atoms with van der Waals surface area (Å²) < 4.78 is 3.90. The molecule has 0 aliphatic heterocycles. The molecule has 0 fully saturated rings. The van der Waals surface area contributed by atoms with E-state index in [0.29, 0.717) is 33.6 Å². The van der Waals surface area contributed by atoms with E-state index >= 15 is 0 Å². The summed E-state index contributed by atoms with van der Waals surface area (Å²) in [6, 6.07) is 5.18. The van der Waals surface area contributed by atoms with Gasteiger partial charge < -0.3 is 0 Å². The highest BCUT2D eigenvalue weighted by Crippen LogP contribution is 2.28. The zero-order valence-corrected chi connectivity index (χ0v) is 19.6. The summed E-state index contributed by atoms with van der Waals surface area (Å²) in [6.45, 7) is 7.84. The van der Waals surface area contributed by atoms with Crippen molar-refractivity contribution in [2.45, 2.75) is 43.9 Å². The van der Waals surface area contributed by atoms with Gasteiger partial charge in [-0.15, -0.1) is 0 Å². The van der Waals surface area contributed by atoms with E-state index in [1.165, 1.54) is 33.8 Å². The van der Waals surface area contributed by atoms with Crippen LogP contribution in [0.3, 0.4) is 0 Å². The summed E-state index contributed by atoms with van der Waals surface area (Å²) in [6.07, 6.45) is 1.70. The molecular weight excluding hydrogens is 428 g/mol. The molecular formula is C22H24N6O3S. The van der Waals surface area contributed by atoms with Crippen LogP contribution in [-0.2, 0) is 25.3 Å². The summed E-state index contributed by atoms with van der Waals surface area (Å²) in [5, 5.41) is 0.739. The summed E-state index contributed by atoms with van der Waals surface area (Å²) >= 11 is 1.30. The third-order valence-corrected chi connectivity index (χ3v) is 6.18. The fraction of sp³-hybridized carbons (Fsp3) is 0.364. The van der Waals surface area contributed by atoms with E-state index in [4.69, 9.17) is 0 Å². The Morgan fingerprint density at radius 2 is 1.72 bits per heavy atom. The van der Waals surface area contributed by atoms with Crippen LogP contribution in [0.2, 0.25) is 0 Å². The zero-order chi connectivity index (χ0) is 23.4. The molecule has 0 spiro atoms. The molecule has 0 saturated heterocycles. The van der Waals surface area contributed by atoms with Gasteiger partial charge in [-0.05, 0) is 24.6 Å². The molecule has 0 bridgehead atoms. The minimum Gasteiger partial charge on any atom is -0.280 e. The van der Waals surface area contributed by atoms with Crippen molar-refractivity contribution in [1.82, 2.24) is 28.5 Å². The number of pyridine rings is 1. The van der Waals surface area contributed by atoms with Crippen molar-refractivity contribution in [2.75, 3.05) is 0 Å². The summed E-state index contributed by atoms with van der Waals surface area (Å²) in [5.41, 5.74) is 0.978. The van der Waals surface area contributed by atoms with Crippen molar-refractivity contribution in [3.8, 4) is 0 Å². The van der Waals surface area contributed by atoms with Crippen LogP contribution in [0, 0.1) is 6.92 Å². The molecule has 32 heavy (non-hydrogen) atoms. The molecule has 166 valence electrons. The van der Waals surface area contributed by atoms with Crippen LogP contribution in [0.4, 0.5) is 0 Å². The second kappa shape index (κ2) is 7.70. The lowest BCUT2D eigenvalue weighted by molar-refractivity contribution is 0.539.